The highest BCUT2D eigenvalue weighted by Gasteiger charge is 2.35. The van der Waals surface area contributed by atoms with E-state index in [9.17, 15) is 8.42 Å². The van der Waals surface area contributed by atoms with Crippen molar-refractivity contribution in [1.29, 1.82) is 0 Å². The molecule has 1 saturated carbocycles. The van der Waals surface area contributed by atoms with E-state index in [0.717, 1.165) is 13.1 Å². The first-order valence-corrected chi connectivity index (χ1v) is 12.0. The molecular formula is C22H28ClN2O2S+. The van der Waals surface area contributed by atoms with Crippen LogP contribution >= 0.6 is 11.6 Å². The number of benzene rings is 2. The van der Waals surface area contributed by atoms with Crippen LogP contribution in [0.25, 0.3) is 0 Å². The lowest BCUT2D eigenvalue weighted by molar-refractivity contribution is -0.930. The Morgan fingerprint density at radius 1 is 0.857 bits per heavy atom. The van der Waals surface area contributed by atoms with Crippen LogP contribution in [0.2, 0.25) is 5.02 Å². The Hall–Kier alpha value is -1.40. The molecule has 0 amide bonds. The summed E-state index contributed by atoms with van der Waals surface area (Å²) in [4.78, 5) is 1.91. The Labute approximate surface area is 173 Å². The minimum Gasteiger partial charge on any atom is -0.330 e. The largest absolute Gasteiger partial charge is 0.330 e. The monoisotopic (exact) mass is 419 g/mol. The zero-order chi connectivity index (χ0) is 19.6. The molecule has 0 radical (unpaired) electrons. The Bertz CT molecular complexity index is 871. The van der Waals surface area contributed by atoms with E-state index in [0.29, 0.717) is 35.0 Å². The van der Waals surface area contributed by atoms with Crippen molar-refractivity contribution in [3.63, 3.8) is 0 Å². The standard InChI is InChI=1S/C22H27ClN2O2S/c23-20-8-12-22(13-9-20)28(26,27)25-16-14-24(15-17-25)21-10-6-19(7-11-21)18-4-2-1-3-5-18/h1-5,8-9,12-13,19,21H,6-7,10-11,14-17H2/p+1. The highest BCUT2D eigenvalue weighted by Crippen LogP contribution is 2.32. The number of hydrogen-bond acceptors (Lipinski definition) is 2. The topological polar surface area (TPSA) is 41.8 Å². The summed E-state index contributed by atoms with van der Waals surface area (Å²) in [6, 6.07) is 18.0. The molecule has 1 heterocycles. The van der Waals surface area contributed by atoms with Gasteiger partial charge >= 0.3 is 0 Å². The first-order valence-electron chi connectivity index (χ1n) is 10.2. The molecule has 0 atom stereocenters. The maximum Gasteiger partial charge on any atom is 0.243 e. The number of nitrogens with one attached hydrogen (secondary N) is 1. The summed E-state index contributed by atoms with van der Waals surface area (Å²) in [6.07, 6.45) is 4.95. The molecule has 1 aliphatic heterocycles. The highest BCUT2D eigenvalue weighted by molar-refractivity contribution is 7.89. The fraction of sp³-hybridized carbons (Fsp3) is 0.455. The molecule has 4 rings (SSSR count). The van der Waals surface area contributed by atoms with Crippen LogP contribution in [0, 0.1) is 0 Å². The van der Waals surface area contributed by atoms with Gasteiger partial charge in [-0.05, 0) is 61.4 Å². The molecule has 2 aliphatic rings. The molecule has 28 heavy (non-hydrogen) atoms. The second-order valence-electron chi connectivity index (χ2n) is 7.98. The van der Waals surface area contributed by atoms with E-state index >= 15 is 0 Å². The van der Waals surface area contributed by atoms with Gasteiger partial charge in [0.15, 0.2) is 0 Å². The lowest BCUT2D eigenvalue weighted by atomic mass is 9.81. The Morgan fingerprint density at radius 2 is 1.46 bits per heavy atom. The van der Waals surface area contributed by atoms with Crippen molar-refractivity contribution >= 4 is 21.6 Å². The van der Waals surface area contributed by atoms with Gasteiger partial charge in [-0.2, -0.15) is 4.31 Å². The van der Waals surface area contributed by atoms with E-state index in [4.69, 9.17) is 11.6 Å². The van der Waals surface area contributed by atoms with Gasteiger partial charge in [0.05, 0.1) is 37.1 Å². The van der Waals surface area contributed by atoms with Gasteiger partial charge in [0, 0.05) is 5.02 Å². The molecule has 150 valence electrons. The first kappa shape index (κ1) is 19.9. The second-order valence-corrected chi connectivity index (χ2v) is 10.3. The van der Waals surface area contributed by atoms with Gasteiger partial charge in [-0.1, -0.05) is 41.9 Å². The van der Waals surface area contributed by atoms with Crippen molar-refractivity contribution in [3.8, 4) is 0 Å². The van der Waals surface area contributed by atoms with Gasteiger partial charge in [0.1, 0.15) is 0 Å². The van der Waals surface area contributed by atoms with Crippen LogP contribution in [0.4, 0.5) is 0 Å². The second kappa shape index (κ2) is 8.54. The van der Waals surface area contributed by atoms with Crippen LogP contribution in [0.15, 0.2) is 59.5 Å². The van der Waals surface area contributed by atoms with Crippen LogP contribution in [-0.2, 0) is 10.0 Å². The third-order valence-corrected chi connectivity index (χ3v) is 8.56. The fourth-order valence-corrected chi connectivity index (χ4v) is 6.31. The lowest BCUT2D eigenvalue weighted by Crippen LogP contribution is -3.18. The zero-order valence-corrected chi connectivity index (χ0v) is 17.6. The summed E-state index contributed by atoms with van der Waals surface area (Å²) in [6.45, 7) is 2.98. The van der Waals surface area contributed by atoms with E-state index in [-0.39, 0.29) is 0 Å². The third-order valence-electron chi connectivity index (χ3n) is 6.39. The number of sulfonamides is 1. The summed E-state index contributed by atoms with van der Waals surface area (Å²) in [7, 11) is -3.42. The van der Waals surface area contributed by atoms with Gasteiger partial charge in [-0.15, -0.1) is 0 Å². The van der Waals surface area contributed by atoms with Gasteiger partial charge in [-0.3, -0.25) is 0 Å². The van der Waals surface area contributed by atoms with E-state index in [1.54, 1.807) is 33.5 Å². The molecule has 4 nitrogen and oxygen atoms in total. The molecule has 1 saturated heterocycles. The highest BCUT2D eigenvalue weighted by atomic mass is 35.5. The molecule has 2 aromatic carbocycles. The van der Waals surface area contributed by atoms with Crippen molar-refractivity contribution in [1.82, 2.24) is 4.31 Å². The predicted molar refractivity (Wildman–Crippen MR) is 112 cm³/mol. The average Bonchev–Trinajstić information content (AvgIpc) is 2.75. The van der Waals surface area contributed by atoms with Crippen LogP contribution in [0.5, 0.6) is 0 Å². The van der Waals surface area contributed by atoms with Gasteiger partial charge < -0.3 is 4.90 Å². The van der Waals surface area contributed by atoms with E-state index in [1.165, 1.54) is 31.2 Å². The fourth-order valence-electron chi connectivity index (χ4n) is 4.74. The van der Waals surface area contributed by atoms with Crippen LogP contribution < -0.4 is 4.90 Å². The Balaban J connectivity index is 1.32. The Morgan fingerprint density at radius 3 is 2.07 bits per heavy atom. The SMILES string of the molecule is O=S(=O)(c1ccc(Cl)cc1)N1CC[NH+](C2CCC(c3ccccc3)CC2)CC1. The molecule has 2 aromatic rings. The molecule has 0 bridgehead atoms. The van der Waals surface area contributed by atoms with Crippen LogP contribution in [0.1, 0.15) is 37.2 Å². The molecule has 0 aromatic heterocycles. The molecule has 6 heteroatoms. The molecule has 2 fully saturated rings. The van der Waals surface area contributed by atoms with Gasteiger partial charge in [0.2, 0.25) is 10.0 Å². The van der Waals surface area contributed by atoms with Gasteiger partial charge in [-0.25, -0.2) is 8.42 Å². The molecule has 1 N–H and O–H groups in total. The number of rotatable bonds is 4. The summed E-state index contributed by atoms with van der Waals surface area (Å²) in [5.74, 6) is 0.684. The smallest absolute Gasteiger partial charge is 0.243 e. The van der Waals surface area contributed by atoms with Crippen molar-refractivity contribution in [3.05, 3.63) is 65.2 Å². The number of nitrogens with zero attached hydrogens (tertiary/aromatic N) is 1. The minimum atomic E-state index is -3.42. The van der Waals surface area contributed by atoms with Crippen molar-refractivity contribution in [2.45, 2.75) is 42.5 Å². The van der Waals surface area contributed by atoms with Crippen LogP contribution in [-0.4, -0.2) is 44.9 Å². The van der Waals surface area contributed by atoms with Crippen molar-refractivity contribution in [2.24, 2.45) is 0 Å². The summed E-state index contributed by atoms with van der Waals surface area (Å²) >= 11 is 5.89. The molecular weight excluding hydrogens is 392 g/mol. The molecule has 0 spiro atoms. The molecule has 0 unspecified atom stereocenters. The maximum absolute atomic E-state index is 12.9. The van der Waals surface area contributed by atoms with Crippen LogP contribution in [0.3, 0.4) is 0 Å². The third kappa shape index (κ3) is 4.28. The normalized spacial score (nSPS) is 24.9. The zero-order valence-electron chi connectivity index (χ0n) is 16.1. The van der Waals surface area contributed by atoms with E-state index in [1.807, 2.05) is 0 Å². The quantitative estimate of drug-likeness (QED) is 0.827. The minimum absolute atomic E-state index is 0.337. The van der Waals surface area contributed by atoms with Gasteiger partial charge in [0.25, 0.3) is 0 Å². The summed E-state index contributed by atoms with van der Waals surface area (Å²) < 4.78 is 27.3. The number of hydrogen-bond donors (Lipinski definition) is 1. The summed E-state index contributed by atoms with van der Waals surface area (Å²) in [5, 5.41) is 0.555. The number of piperazine rings is 1. The average molecular weight is 420 g/mol. The first-order chi connectivity index (χ1) is 13.5. The number of halogens is 1. The van der Waals surface area contributed by atoms with E-state index < -0.39 is 10.0 Å². The maximum atomic E-state index is 12.9. The van der Waals surface area contributed by atoms with E-state index in [2.05, 4.69) is 30.3 Å². The predicted octanol–water partition coefficient (Wildman–Crippen LogP) is 2.96. The van der Waals surface area contributed by atoms with Crippen molar-refractivity contribution < 1.29 is 13.3 Å². The van der Waals surface area contributed by atoms with Crippen molar-refractivity contribution in [2.75, 3.05) is 26.2 Å². The molecule has 1 aliphatic carbocycles. The lowest BCUT2D eigenvalue weighted by Gasteiger charge is -2.39. The summed E-state index contributed by atoms with van der Waals surface area (Å²) in [5.41, 5.74) is 1.47. The number of quaternary nitrogens is 1. The Kier molecular flexibility index (Phi) is 6.07.